The highest BCUT2D eigenvalue weighted by Crippen LogP contribution is 2.21. The van der Waals surface area contributed by atoms with Crippen LogP contribution in [0.3, 0.4) is 0 Å². The molecule has 0 bridgehead atoms. The van der Waals surface area contributed by atoms with Crippen molar-refractivity contribution in [3.8, 4) is 0 Å². The molecule has 1 saturated heterocycles. The minimum Gasteiger partial charge on any atom is -0.368 e. The molecule has 0 spiro atoms. The molecule has 6 heteroatoms. The molecule has 0 N–H and O–H groups in total. The Labute approximate surface area is 139 Å². The number of pyridine rings is 1. The number of carbonyl (C=O) groups excluding carboxylic acids is 1. The first-order chi connectivity index (χ1) is 11.0. The first-order valence-electron chi connectivity index (χ1n) is 7.51. The van der Waals surface area contributed by atoms with Gasteiger partial charge < -0.3 is 14.4 Å². The zero-order chi connectivity index (χ0) is 16.4. The fourth-order valence-electron chi connectivity index (χ4n) is 2.70. The van der Waals surface area contributed by atoms with Crippen molar-refractivity contribution in [2.75, 3.05) is 31.1 Å². The number of carbonyl (C=O) groups is 1. The van der Waals surface area contributed by atoms with Gasteiger partial charge in [-0.25, -0.2) is 0 Å². The maximum Gasteiger partial charge on any atom is 0.254 e. The molecule has 0 aliphatic carbocycles. The summed E-state index contributed by atoms with van der Waals surface area (Å²) in [5.74, 6) is -0.0894. The minimum absolute atomic E-state index is 0.0894. The summed E-state index contributed by atoms with van der Waals surface area (Å²) in [4.78, 5) is 28.2. The summed E-state index contributed by atoms with van der Waals surface area (Å²) >= 11 is 6.03. The molecule has 23 heavy (non-hydrogen) atoms. The molecule has 1 aliphatic rings. The van der Waals surface area contributed by atoms with E-state index in [-0.39, 0.29) is 11.5 Å². The number of rotatable bonds is 2. The largest absolute Gasteiger partial charge is 0.368 e. The van der Waals surface area contributed by atoms with Crippen LogP contribution >= 0.6 is 11.6 Å². The molecular formula is C17H18ClN3O2. The highest BCUT2D eigenvalue weighted by Gasteiger charge is 2.22. The first-order valence-corrected chi connectivity index (χ1v) is 7.89. The van der Waals surface area contributed by atoms with Crippen molar-refractivity contribution in [1.29, 1.82) is 0 Å². The SMILES string of the molecule is Cn1ccc(C(=O)N2CCN(c3cccc(Cl)c3)CC2)cc1=O. The van der Waals surface area contributed by atoms with Gasteiger partial charge >= 0.3 is 0 Å². The van der Waals surface area contributed by atoms with E-state index in [0.29, 0.717) is 23.7 Å². The Morgan fingerprint density at radius 2 is 1.83 bits per heavy atom. The lowest BCUT2D eigenvalue weighted by Crippen LogP contribution is -2.49. The third-order valence-corrected chi connectivity index (χ3v) is 4.33. The Morgan fingerprint density at radius 3 is 2.48 bits per heavy atom. The van der Waals surface area contributed by atoms with E-state index in [0.717, 1.165) is 18.8 Å². The third-order valence-electron chi connectivity index (χ3n) is 4.09. The van der Waals surface area contributed by atoms with Crippen LogP contribution in [0.5, 0.6) is 0 Å². The molecule has 0 radical (unpaired) electrons. The minimum atomic E-state index is -0.173. The monoisotopic (exact) mass is 331 g/mol. The average molecular weight is 332 g/mol. The van der Waals surface area contributed by atoms with Gasteiger partial charge in [0.05, 0.1) is 0 Å². The Kier molecular flexibility index (Phi) is 4.39. The van der Waals surface area contributed by atoms with Gasteiger partial charge in [-0.2, -0.15) is 0 Å². The summed E-state index contributed by atoms with van der Waals surface area (Å²) < 4.78 is 1.45. The van der Waals surface area contributed by atoms with Crippen LogP contribution in [0.25, 0.3) is 0 Å². The maximum absolute atomic E-state index is 12.5. The third kappa shape index (κ3) is 3.40. The van der Waals surface area contributed by atoms with E-state index < -0.39 is 0 Å². The molecular weight excluding hydrogens is 314 g/mol. The van der Waals surface area contributed by atoms with Gasteiger partial charge in [0.15, 0.2) is 0 Å². The maximum atomic E-state index is 12.5. The molecule has 1 aromatic carbocycles. The number of amides is 1. The molecule has 2 heterocycles. The molecule has 3 rings (SSSR count). The molecule has 0 saturated carbocycles. The Balaban J connectivity index is 1.67. The van der Waals surface area contributed by atoms with E-state index in [2.05, 4.69) is 4.90 Å². The van der Waals surface area contributed by atoms with Gasteiger partial charge in [0, 0.05) is 61.8 Å². The van der Waals surface area contributed by atoms with Crippen LogP contribution in [0, 0.1) is 0 Å². The quantitative estimate of drug-likeness (QED) is 0.845. The Hall–Kier alpha value is -2.27. The summed E-state index contributed by atoms with van der Waals surface area (Å²) in [5.41, 5.74) is 1.34. The Bertz CT molecular complexity index is 779. The first kappa shape index (κ1) is 15.6. The second-order valence-corrected chi connectivity index (χ2v) is 6.06. The van der Waals surface area contributed by atoms with Gasteiger partial charge in [-0.15, -0.1) is 0 Å². The summed E-state index contributed by atoms with van der Waals surface area (Å²) in [6.07, 6.45) is 1.62. The lowest BCUT2D eigenvalue weighted by Gasteiger charge is -2.36. The zero-order valence-electron chi connectivity index (χ0n) is 12.9. The second kappa shape index (κ2) is 6.46. The van der Waals surface area contributed by atoms with Crippen LogP contribution < -0.4 is 10.5 Å². The molecule has 1 amide bonds. The lowest BCUT2D eigenvalue weighted by atomic mass is 10.2. The Morgan fingerprint density at radius 1 is 1.09 bits per heavy atom. The number of anilines is 1. The molecule has 1 aliphatic heterocycles. The van der Waals surface area contributed by atoms with Crippen molar-refractivity contribution in [3.63, 3.8) is 0 Å². The number of aryl methyl sites for hydroxylation is 1. The smallest absolute Gasteiger partial charge is 0.254 e. The second-order valence-electron chi connectivity index (χ2n) is 5.62. The van der Waals surface area contributed by atoms with Crippen molar-refractivity contribution in [1.82, 2.24) is 9.47 Å². The van der Waals surface area contributed by atoms with Gasteiger partial charge in [-0.1, -0.05) is 17.7 Å². The van der Waals surface area contributed by atoms with E-state index in [1.165, 1.54) is 10.6 Å². The van der Waals surface area contributed by atoms with Gasteiger partial charge in [0.25, 0.3) is 11.5 Å². The lowest BCUT2D eigenvalue weighted by molar-refractivity contribution is 0.0746. The van der Waals surface area contributed by atoms with Gasteiger partial charge in [0.2, 0.25) is 0 Å². The number of halogens is 1. The summed E-state index contributed by atoms with van der Waals surface area (Å²) in [7, 11) is 1.67. The van der Waals surface area contributed by atoms with Crippen LogP contribution in [-0.4, -0.2) is 41.6 Å². The summed E-state index contributed by atoms with van der Waals surface area (Å²) in [5, 5.41) is 0.709. The van der Waals surface area contributed by atoms with Gasteiger partial charge in [-0.05, 0) is 24.3 Å². The van der Waals surface area contributed by atoms with Gasteiger partial charge in [-0.3, -0.25) is 9.59 Å². The predicted molar refractivity (Wildman–Crippen MR) is 91.3 cm³/mol. The van der Waals surface area contributed by atoms with Crippen LogP contribution in [0.1, 0.15) is 10.4 Å². The predicted octanol–water partition coefficient (Wildman–Crippen LogP) is 2.00. The molecule has 1 fully saturated rings. The summed E-state index contributed by atoms with van der Waals surface area (Å²) in [6.45, 7) is 2.75. The van der Waals surface area contributed by atoms with Crippen molar-refractivity contribution >= 4 is 23.2 Å². The normalized spacial score (nSPS) is 14.9. The standard InChI is InChI=1S/C17H18ClN3O2/c1-19-6-5-13(11-16(19)22)17(23)21-9-7-20(8-10-21)15-4-2-3-14(18)12-15/h2-6,11-12H,7-10H2,1H3. The molecule has 0 unspecified atom stereocenters. The van der Waals surface area contributed by atoms with Crippen molar-refractivity contribution in [2.24, 2.45) is 7.05 Å². The highest BCUT2D eigenvalue weighted by molar-refractivity contribution is 6.30. The van der Waals surface area contributed by atoms with Crippen LogP contribution in [0.2, 0.25) is 5.02 Å². The van der Waals surface area contributed by atoms with E-state index in [1.807, 2.05) is 24.3 Å². The van der Waals surface area contributed by atoms with E-state index in [9.17, 15) is 9.59 Å². The highest BCUT2D eigenvalue weighted by atomic mass is 35.5. The molecule has 2 aromatic rings. The number of aromatic nitrogens is 1. The van der Waals surface area contributed by atoms with Crippen LogP contribution in [0.15, 0.2) is 47.4 Å². The van der Waals surface area contributed by atoms with Crippen LogP contribution in [-0.2, 0) is 7.05 Å². The number of hydrogen-bond donors (Lipinski definition) is 0. The number of piperazine rings is 1. The van der Waals surface area contributed by atoms with E-state index in [1.54, 1.807) is 24.2 Å². The van der Waals surface area contributed by atoms with E-state index in [4.69, 9.17) is 11.6 Å². The summed E-state index contributed by atoms with van der Waals surface area (Å²) in [6, 6.07) is 10.8. The van der Waals surface area contributed by atoms with E-state index >= 15 is 0 Å². The average Bonchev–Trinajstić information content (AvgIpc) is 2.57. The zero-order valence-corrected chi connectivity index (χ0v) is 13.7. The fourth-order valence-corrected chi connectivity index (χ4v) is 2.89. The molecule has 120 valence electrons. The number of benzene rings is 1. The molecule has 0 atom stereocenters. The van der Waals surface area contributed by atoms with Crippen molar-refractivity contribution < 1.29 is 4.79 Å². The van der Waals surface area contributed by atoms with Crippen molar-refractivity contribution in [3.05, 3.63) is 63.5 Å². The number of nitrogens with zero attached hydrogens (tertiary/aromatic N) is 3. The molecule has 1 aromatic heterocycles. The van der Waals surface area contributed by atoms with Gasteiger partial charge in [0.1, 0.15) is 0 Å². The fraction of sp³-hybridized carbons (Fsp3) is 0.294. The topological polar surface area (TPSA) is 45.6 Å². The van der Waals surface area contributed by atoms with Crippen LogP contribution in [0.4, 0.5) is 5.69 Å². The van der Waals surface area contributed by atoms with Crippen molar-refractivity contribution in [2.45, 2.75) is 0 Å². The number of hydrogen-bond acceptors (Lipinski definition) is 3. The molecule has 5 nitrogen and oxygen atoms in total.